The minimum atomic E-state index is -0.107. The van der Waals surface area contributed by atoms with Crippen molar-refractivity contribution < 1.29 is 14.6 Å². The number of ether oxygens (including phenoxy) is 2. The minimum absolute atomic E-state index is 0.107. The summed E-state index contributed by atoms with van der Waals surface area (Å²) in [6.07, 6.45) is 1.66. The zero-order chi connectivity index (χ0) is 16.8. The summed E-state index contributed by atoms with van der Waals surface area (Å²) >= 11 is 0. The summed E-state index contributed by atoms with van der Waals surface area (Å²) in [4.78, 5) is 0. The summed E-state index contributed by atoms with van der Waals surface area (Å²) in [5, 5.41) is 17.8. The van der Waals surface area contributed by atoms with E-state index in [0.717, 1.165) is 24.2 Å². The number of hydrogen-bond acceptors (Lipinski definition) is 5. The number of aromatic nitrogens is 3. The largest absolute Gasteiger partial charge is 0.493 e. The van der Waals surface area contributed by atoms with Gasteiger partial charge < -0.3 is 14.6 Å². The normalized spacial score (nSPS) is 11.0. The summed E-state index contributed by atoms with van der Waals surface area (Å²) in [5.41, 5.74) is 2.63. The predicted octanol–water partition coefficient (Wildman–Crippen LogP) is 2.42. The lowest BCUT2D eigenvalue weighted by atomic mass is 10.1. The molecule has 0 radical (unpaired) electrons. The molecule has 0 fully saturated rings. The van der Waals surface area contributed by atoms with Crippen molar-refractivity contribution in [3.8, 4) is 11.5 Å². The van der Waals surface area contributed by atoms with Gasteiger partial charge in [0, 0.05) is 13.0 Å². The van der Waals surface area contributed by atoms with Crippen molar-refractivity contribution in [2.45, 2.75) is 39.8 Å². The Hall–Kier alpha value is -2.08. The highest BCUT2D eigenvalue weighted by atomic mass is 16.5. The number of hydrogen-bond donors (Lipinski definition) is 1. The first-order chi connectivity index (χ1) is 11.1. The molecule has 6 nitrogen and oxygen atoms in total. The molecule has 1 N–H and O–H groups in total. The molecule has 0 amide bonds. The number of aryl methyl sites for hydroxylation is 1. The van der Waals surface area contributed by atoms with Crippen molar-refractivity contribution in [3.05, 3.63) is 35.2 Å². The van der Waals surface area contributed by atoms with E-state index in [0.29, 0.717) is 29.5 Å². The third-order valence-corrected chi connectivity index (χ3v) is 3.81. The second-order valence-corrected chi connectivity index (χ2v) is 5.91. The van der Waals surface area contributed by atoms with Gasteiger partial charge in [0.25, 0.3) is 0 Å². The molecule has 2 aromatic rings. The highest BCUT2D eigenvalue weighted by Crippen LogP contribution is 2.28. The fourth-order valence-electron chi connectivity index (χ4n) is 2.43. The van der Waals surface area contributed by atoms with Crippen LogP contribution >= 0.6 is 0 Å². The van der Waals surface area contributed by atoms with Crippen LogP contribution in [0.25, 0.3) is 0 Å². The quantitative estimate of drug-likeness (QED) is 0.809. The van der Waals surface area contributed by atoms with E-state index < -0.39 is 0 Å². The molecule has 0 spiro atoms. The number of methoxy groups -OCH3 is 2. The molecular formula is C17H25N3O3. The lowest BCUT2D eigenvalue weighted by Gasteiger charge is -2.12. The first kappa shape index (κ1) is 17.3. The average Bonchev–Trinajstić information content (AvgIpc) is 2.94. The van der Waals surface area contributed by atoms with Crippen LogP contribution in [0, 0.1) is 5.92 Å². The zero-order valence-corrected chi connectivity index (χ0v) is 14.2. The van der Waals surface area contributed by atoms with Gasteiger partial charge in [-0.05, 0) is 30.0 Å². The van der Waals surface area contributed by atoms with Gasteiger partial charge in [-0.25, -0.2) is 4.68 Å². The van der Waals surface area contributed by atoms with Crippen LogP contribution in [0.5, 0.6) is 11.5 Å². The van der Waals surface area contributed by atoms with Gasteiger partial charge in [-0.3, -0.25) is 0 Å². The third kappa shape index (κ3) is 4.22. The molecule has 2 rings (SSSR count). The molecule has 6 heteroatoms. The predicted molar refractivity (Wildman–Crippen MR) is 87.8 cm³/mol. The van der Waals surface area contributed by atoms with E-state index in [-0.39, 0.29) is 6.61 Å². The van der Waals surface area contributed by atoms with E-state index in [1.807, 2.05) is 22.9 Å². The van der Waals surface area contributed by atoms with Crippen molar-refractivity contribution in [2.24, 2.45) is 5.92 Å². The Morgan fingerprint density at radius 3 is 2.52 bits per heavy atom. The number of rotatable bonds is 8. The van der Waals surface area contributed by atoms with E-state index in [2.05, 4.69) is 24.2 Å². The molecule has 0 aliphatic rings. The molecule has 0 atom stereocenters. The van der Waals surface area contributed by atoms with E-state index >= 15 is 0 Å². The summed E-state index contributed by atoms with van der Waals surface area (Å²) in [7, 11) is 3.24. The molecule has 1 aromatic carbocycles. The van der Waals surface area contributed by atoms with Gasteiger partial charge in [0.15, 0.2) is 11.5 Å². The second-order valence-electron chi connectivity index (χ2n) is 5.91. The smallest absolute Gasteiger partial charge is 0.160 e. The standard InChI is InChI=1S/C17H25N3O3/c1-12(2)7-8-20-15(14(11-21)18-19-20)9-13-5-6-16(22-3)17(10-13)23-4/h5-6,10,12,21H,7-9,11H2,1-4H3. The molecule has 0 aliphatic carbocycles. The lowest BCUT2D eigenvalue weighted by molar-refractivity contribution is 0.275. The van der Waals surface area contributed by atoms with E-state index in [1.54, 1.807) is 14.2 Å². The molecule has 0 unspecified atom stereocenters. The zero-order valence-electron chi connectivity index (χ0n) is 14.2. The van der Waals surface area contributed by atoms with Crippen LogP contribution in [0.4, 0.5) is 0 Å². The van der Waals surface area contributed by atoms with Crippen molar-refractivity contribution in [1.29, 1.82) is 0 Å². The maximum atomic E-state index is 9.51. The molecule has 0 bridgehead atoms. The number of aliphatic hydroxyl groups excluding tert-OH is 1. The van der Waals surface area contributed by atoms with Gasteiger partial charge in [-0.15, -0.1) is 5.10 Å². The summed E-state index contributed by atoms with van der Waals surface area (Å²) in [6.45, 7) is 5.05. The van der Waals surface area contributed by atoms with Crippen molar-refractivity contribution in [1.82, 2.24) is 15.0 Å². The Labute approximate surface area is 137 Å². The average molecular weight is 319 g/mol. The summed E-state index contributed by atoms with van der Waals surface area (Å²) in [6, 6.07) is 5.82. The molecule has 0 aliphatic heterocycles. The Morgan fingerprint density at radius 1 is 1.17 bits per heavy atom. The summed E-state index contributed by atoms with van der Waals surface area (Å²) in [5.74, 6) is 1.98. The number of aliphatic hydroxyl groups is 1. The monoisotopic (exact) mass is 319 g/mol. The molecule has 23 heavy (non-hydrogen) atoms. The Bertz CT molecular complexity index is 638. The van der Waals surface area contributed by atoms with Gasteiger partial charge in [0.05, 0.1) is 26.5 Å². The maximum Gasteiger partial charge on any atom is 0.160 e. The first-order valence-corrected chi connectivity index (χ1v) is 7.82. The fraction of sp³-hybridized carbons (Fsp3) is 0.529. The molecule has 126 valence electrons. The van der Waals surface area contributed by atoms with Gasteiger partial charge >= 0.3 is 0 Å². The lowest BCUT2D eigenvalue weighted by Crippen LogP contribution is -2.09. The van der Waals surface area contributed by atoms with Crippen LogP contribution < -0.4 is 9.47 Å². The van der Waals surface area contributed by atoms with E-state index in [4.69, 9.17) is 9.47 Å². The Morgan fingerprint density at radius 2 is 1.91 bits per heavy atom. The van der Waals surface area contributed by atoms with Crippen LogP contribution in [0.1, 0.15) is 37.2 Å². The molecule has 0 saturated heterocycles. The van der Waals surface area contributed by atoms with Gasteiger partial charge in [-0.2, -0.15) is 0 Å². The molecule has 1 heterocycles. The van der Waals surface area contributed by atoms with Crippen LogP contribution in [0.3, 0.4) is 0 Å². The van der Waals surface area contributed by atoms with Crippen molar-refractivity contribution in [3.63, 3.8) is 0 Å². The van der Waals surface area contributed by atoms with E-state index in [9.17, 15) is 5.11 Å². The maximum absolute atomic E-state index is 9.51. The van der Waals surface area contributed by atoms with Gasteiger partial charge in [0.1, 0.15) is 5.69 Å². The topological polar surface area (TPSA) is 69.4 Å². The van der Waals surface area contributed by atoms with Crippen molar-refractivity contribution >= 4 is 0 Å². The minimum Gasteiger partial charge on any atom is -0.493 e. The third-order valence-electron chi connectivity index (χ3n) is 3.81. The SMILES string of the molecule is COc1ccc(Cc2c(CO)nnn2CCC(C)C)cc1OC. The number of nitrogens with zero attached hydrogens (tertiary/aromatic N) is 3. The Balaban J connectivity index is 2.26. The van der Waals surface area contributed by atoms with Crippen LogP contribution in [-0.2, 0) is 19.6 Å². The molecular weight excluding hydrogens is 294 g/mol. The van der Waals surface area contributed by atoms with Crippen LogP contribution in [0.2, 0.25) is 0 Å². The highest BCUT2D eigenvalue weighted by Gasteiger charge is 2.14. The molecule has 0 saturated carbocycles. The number of benzene rings is 1. The van der Waals surface area contributed by atoms with Crippen LogP contribution in [0.15, 0.2) is 18.2 Å². The van der Waals surface area contributed by atoms with E-state index in [1.165, 1.54) is 0 Å². The van der Waals surface area contributed by atoms with Gasteiger partial charge in [-0.1, -0.05) is 25.1 Å². The first-order valence-electron chi connectivity index (χ1n) is 7.82. The Kier molecular flexibility index (Phi) is 5.98. The van der Waals surface area contributed by atoms with Crippen molar-refractivity contribution in [2.75, 3.05) is 14.2 Å². The summed E-state index contributed by atoms with van der Waals surface area (Å²) < 4.78 is 12.5. The molecule has 1 aromatic heterocycles. The second kappa shape index (κ2) is 7.97. The van der Waals surface area contributed by atoms with Crippen LogP contribution in [-0.4, -0.2) is 34.3 Å². The van der Waals surface area contributed by atoms with Gasteiger partial charge in [0.2, 0.25) is 0 Å². The fourth-order valence-corrected chi connectivity index (χ4v) is 2.43. The highest BCUT2D eigenvalue weighted by molar-refractivity contribution is 5.44.